The van der Waals surface area contributed by atoms with Gasteiger partial charge in [0.1, 0.15) is 6.04 Å². The highest BCUT2D eigenvalue weighted by atomic mass is 19.2. The van der Waals surface area contributed by atoms with E-state index in [1.807, 2.05) is 30.3 Å². The Labute approximate surface area is 162 Å². The van der Waals surface area contributed by atoms with E-state index in [2.05, 4.69) is 0 Å². The zero-order valence-corrected chi connectivity index (χ0v) is 15.6. The molecule has 0 bridgehead atoms. The molecule has 0 aliphatic carbocycles. The minimum atomic E-state index is -0.977. The van der Waals surface area contributed by atoms with Crippen molar-refractivity contribution in [1.82, 2.24) is 9.80 Å². The molecule has 5 nitrogen and oxygen atoms in total. The number of piperazine rings is 1. The van der Waals surface area contributed by atoms with E-state index in [-0.39, 0.29) is 24.9 Å². The molecule has 0 spiro atoms. The number of benzene rings is 2. The normalized spacial score (nSPS) is 17.3. The summed E-state index contributed by atoms with van der Waals surface area (Å²) in [6.45, 7) is 0.639. The summed E-state index contributed by atoms with van der Waals surface area (Å²) in [5, 5.41) is 0. The average Bonchev–Trinajstić information content (AvgIpc) is 2.69. The van der Waals surface area contributed by atoms with E-state index in [9.17, 15) is 18.4 Å². The first-order chi connectivity index (χ1) is 13.5. The molecule has 2 amide bonds. The Hall–Kier alpha value is -2.80. The molecule has 1 heterocycles. The van der Waals surface area contributed by atoms with Crippen molar-refractivity contribution in [3.8, 4) is 0 Å². The lowest BCUT2D eigenvalue weighted by atomic mass is 10.00. The van der Waals surface area contributed by atoms with Gasteiger partial charge in [-0.05, 0) is 23.3 Å². The highest BCUT2D eigenvalue weighted by molar-refractivity contribution is 5.95. The molecule has 1 aliphatic heterocycles. The van der Waals surface area contributed by atoms with Gasteiger partial charge in [-0.15, -0.1) is 0 Å². The van der Waals surface area contributed by atoms with E-state index >= 15 is 0 Å². The van der Waals surface area contributed by atoms with Gasteiger partial charge in [-0.3, -0.25) is 9.59 Å². The number of carbonyl (C=O) groups is 2. The molecular weight excluding hydrogens is 366 g/mol. The van der Waals surface area contributed by atoms with Crippen molar-refractivity contribution in [2.75, 3.05) is 26.8 Å². The third kappa shape index (κ3) is 4.54. The SMILES string of the molecule is COCCN1CC(=O)N(Cc2ccc(F)c(F)c2)[C@H](Cc2ccccc2)C1=O. The van der Waals surface area contributed by atoms with Gasteiger partial charge in [0.25, 0.3) is 0 Å². The van der Waals surface area contributed by atoms with Crippen molar-refractivity contribution in [2.24, 2.45) is 0 Å². The minimum absolute atomic E-state index is 0.0391. The first-order valence-electron chi connectivity index (χ1n) is 9.04. The third-order valence-corrected chi connectivity index (χ3v) is 4.79. The number of hydrogen-bond donors (Lipinski definition) is 0. The van der Waals surface area contributed by atoms with Gasteiger partial charge in [0.05, 0.1) is 13.2 Å². The predicted octanol–water partition coefficient (Wildman–Crippen LogP) is 2.39. The van der Waals surface area contributed by atoms with Crippen LogP contribution in [0.5, 0.6) is 0 Å². The van der Waals surface area contributed by atoms with Crippen LogP contribution in [0.25, 0.3) is 0 Å². The third-order valence-electron chi connectivity index (χ3n) is 4.79. The van der Waals surface area contributed by atoms with Crippen molar-refractivity contribution in [3.63, 3.8) is 0 Å². The Bertz CT molecular complexity index is 845. The van der Waals surface area contributed by atoms with E-state index in [1.54, 1.807) is 0 Å². The number of amides is 2. The van der Waals surface area contributed by atoms with Gasteiger partial charge in [-0.25, -0.2) is 8.78 Å². The number of carbonyl (C=O) groups excluding carboxylic acids is 2. The number of nitrogens with zero attached hydrogens (tertiary/aromatic N) is 2. The van der Waals surface area contributed by atoms with Crippen LogP contribution >= 0.6 is 0 Å². The Balaban J connectivity index is 1.86. The molecule has 1 atom stereocenters. The highest BCUT2D eigenvalue weighted by Gasteiger charge is 2.39. The van der Waals surface area contributed by atoms with E-state index in [4.69, 9.17) is 4.74 Å². The van der Waals surface area contributed by atoms with Crippen molar-refractivity contribution in [2.45, 2.75) is 19.0 Å². The smallest absolute Gasteiger partial charge is 0.246 e. The van der Waals surface area contributed by atoms with Gasteiger partial charge in [-0.1, -0.05) is 36.4 Å². The molecule has 0 aromatic heterocycles. The lowest BCUT2D eigenvalue weighted by Crippen LogP contribution is -2.60. The van der Waals surface area contributed by atoms with Crippen LogP contribution in [0.4, 0.5) is 8.78 Å². The van der Waals surface area contributed by atoms with Gasteiger partial charge < -0.3 is 14.5 Å². The van der Waals surface area contributed by atoms with Crippen LogP contribution in [-0.2, 0) is 27.3 Å². The second-order valence-corrected chi connectivity index (χ2v) is 6.73. The average molecular weight is 388 g/mol. The molecule has 2 aromatic rings. The van der Waals surface area contributed by atoms with Crippen LogP contribution in [-0.4, -0.2) is 54.5 Å². The standard InChI is InChI=1S/C21H22F2N2O3/c1-28-10-9-24-14-20(26)25(13-16-7-8-17(22)18(23)11-16)19(21(24)27)12-15-5-3-2-4-6-15/h2-8,11,19H,9-10,12-14H2,1H3/t19-/m1/s1. The summed E-state index contributed by atoms with van der Waals surface area (Å²) in [4.78, 5) is 28.8. The summed E-state index contributed by atoms with van der Waals surface area (Å²) < 4.78 is 31.8. The van der Waals surface area contributed by atoms with Crippen molar-refractivity contribution in [1.29, 1.82) is 0 Å². The Kier molecular flexibility index (Phi) is 6.36. The monoisotopic (exact) mass is 388 g/mol. The molecule has 0 N–H and O–H groups in total. The molecule has 0 saturated carbocycles. The van der Waals surface area contributed by atoms with Crippen LogP contribution in [0.2, 0.25) is 0 Å². The van der Waals surface area contributed by atoms with Crippen molar-refractivity contribution in [3.05, 3.63) is 71.3 Å². The second kappa shape index (κ2) is 8.93. The van der Waals surface area contributed by atoms with Crippen LogP contribution in [0, 0.1) is 11.6 Å². The molecule has 3 rings (SSSR count). The van der Waals surface area contributed by atoms with Gasteiger partial charge in [0.15, 0.2) is 11.6 Å². The molecule has 7 heteroatoms. The molecule has 1 aliphatic rings. The first-order valence-corrected chi connectivity index (χ1v) is 9.04. The van der Waals surface area contributed by atoms with Crippen LogP contribution in [0.15, 0.2) is 48.5 Å². The van der Waals surface area contributed by atoms with E-state index in [0.717, 1.165) is 17.7 Å². The van der Waals surface area contributed by atoms with Crippen LogP contribution in [0.1, 0.15) is 11.1 Å². The molecule has 1 fully saturated rings. The van der Waals surface area contributed by atoms with Gasteiger partial charge in [0.2, 0.25) is 11.8 Å². The van der Waals surface area contributed by atoms with Crippen LogP contribution < -0.4 is 0 Å². The van der Waals surface area contributed by atoms with E-state index in [0.29, 0.717) is 25.1 Å². The summed E-state index contributed by atoms with van der Waals surface area (Å²) >= 11 is 0. The fourth-order valence-electron chi connectivity index (χ4n) is 3.31. The lowest BCUT2D eigenvalue weighted by molar-refractivity contribution is -0.157. The molecule has 0 unspecified atom stereocenters. The van der Waals surface area contributed by atoms with Crippen molar-refractivity contribution >= 4 is 11.8 Å². The number of halogens is 2. The fraction of sp³-hybridized carbons (Fsp3) is 0.333. The zero-order valence-electron chi connectivity index (χ0n) is 15.6. The summed E-state index contributed by atoms with van der Waals surface area (Å²) in [5.41, 5.74) is 1.35. The molecule has 2 aromatic carbocycles. The van der Waals surface area contributed by atoms with E-state index < -0.39 is 17.7 Å². The van der Waals surface area contributed by atoms with Crippen LogP contribution in [0.3, 0.4) is 0 Å². The Morgan fingerprint density at radius 3 is 2.46 bits per heavy atom. The number of rotatable bonds is 7. The molecular formula is C21H22F2N2O3. The summed E-state index contributed by atoms with van der Waals surface area (Å²) in [7, 11) is 1.53. The van der Waals surface area contributed by atoms with Gasteiger partial charge >= 0.3 is 0 Å². The maximum atomic E-state index is 13.6. The Morgan fingerprint density at radius 1 is 1.04 bits per heavy atom. The number of hydrogen-bond acceptors (Lipinski definition) is 3. The zero-order chi connectivity index (χ0) is 20.1. The van der Waals surface area contributed by atoms with Gasteiger partial charge in [0, 0.05) is 26.6 Å². The van der Waals surface area contributed by atoms with Crippen molar-refractivity contribution < 1.29 is 23.1 Å². The first kappa shape index (κ1) is 19.9. The minimum Gasteiger partial charge on any atom is -0.383 e. The number of methoxy groups -OCH3 is 1. The fourth-order valence-corrected chi connectivity index (χ4v) is 3.31. The largest absolute Gasteiger partial charge is 0.383 e. The summed E-state index contributed by atoms with van der Waals surface area (Å²) in [6, 6.07) is 12.2. The lowest BCUT2D eigenvalue weighted by Gasteiger charge is -2.40. The highest BCUT2D eigenvalue weighted by Crippen LogP contribution is 2.21. The molecule has 0 radical (unpaired) electrons. The maximum Gasteiger partial charge on any atom is 0.246 e. The molecule has 148 valence electrons. The topological polar surface area (TPSA) is 49.9 Å². The molecule has 1 saturated heterocycles. The maximum absolute atomic E-state index is 13.6. The Morgan fingerprint density at radius 2 is 1.79 bits per heavy atom. The molecule has 28 heavy (non-hydrogen) atoms. The van der Waals surface area contributed by atoms with E-state index in [1.165, 1.54) is 23.0 Å². The van der Waals surface area contributed by atoms with Gasteiger partial charge in [-0.2, -0.15) is 0 Å². The summed E-state index contributed by atoms with van der Waals surface area (Å²) in [5.74, 6) is -2.34. The predicted molar refractivity (Wildman–Crippen MR) is 99.3 cm³/mol. The quantitative estimate of drug-likeness (QED) is 0.732. The number of ether oxygens (including phenoxy) is 1. The summed E-state index contributed by atoms with van der Waals surface area (Å²) in [6.07, 6.45) is 0.346. The second-order valence-electron chi connectivity index (χ2n) is 6.73.